The Morgan fingerprint density at radius 1 is 1.18 bits per heavy atom. The number of hydrogen-bond donors (Lipinski definition) is 1. The number of aryl methyl sites for hydroxylation is 1. The Morgan fingerprint density at radius 3 is 2.82 bits per heavy atom. The van der Waals surface area contributed by atoms with Gasteiger partial charge in [-0.05, 0) is 18.6 Å². The van der Waals surface area contributed by atoms with Crippen molar-refractivity contribution in [3.8, 4) is 11.4 Å². The van der Waals surface area contributed by atoms with Crippen molar-refractivity contribution in [1.82, 2.24) is 14.9 Å². The van der Waals surface area contributed by atoms with Crippen LogP contribution in [0.1, 0.15) is 17.0 Å². The largest absolute Gasteiger partial charge is 0.459 e. The molecule has 5 heteroatoms. The molecule has 0 bridgehead atoms. The highest BCUT2D eigenvalue weighted by molar-refractivity contribution is 5.91. The lowest BCUT2D eigenvalue weighted by molar-refractivity contribution is 0.0925. The number of nitrogens with one attached hydrogen (secondary N) is 1. The Labute approximate surface area is 128 Å². The molecule has 3 rings (SSSR count). The first kappa shape index (κ1) is 14.1. The monoisotopic (exact) mass is 295 g/mol. The van der Waals surface area contributed by atoms with Gasteiger partial charge >= 0.3 is 0 Å². The number of furan rings is 1. The molecule has 0 atom stereocenters. The van der Waals surface area contributed by atoms with Crippen LogP contribution in [0.2, 0.25) is 0 Å². The van der Waals surface area contributed by atoms with Gasteiger partial charge in [0.05, 0.1) is 6.26 Å². The first-order valence-electron chi connectivity index (χ1n) is 7.23. The van der Waals surface area contributed by atoms with E-state index in [2.05, 4.69) is 14.9 Å². The van der Waals surface area contributed by atoms with Gasteiger partial charge in [-0.1, -0.05) is 30.3 Å². The molecule has 112 valence electrons. The van der Waals surface area contributed by atoms with E-state index in [0.29, 0.717) is 12.3 Å². The molecule has 0 aliphatic carbocycles. The maximum atomic E-state index is 11.7. The zero-order valence-corrected chi connectivity index (χ0v) is 12.1. The van der Waals surface area contributed by atoms with E-state index < -0.39 is 0 Å². The van der Waals surface area contributed by atoms with Crippen LogP contribution in [0.25, 0.3) is 11.4 Å². The number of imidazole rings is 1. The van der Waals surface area contributed by atoms with Crippen molar-refractivity contribution in [2.75, 3.05) is 6.54 Å². The van der Waals surface area contributed by atoms with E-state index in [1.165, 1.54) is 6.26 Å². The highest BCUT2D eigenvalue weighted by atomic mass is 16.3. The van der Waals surface area contributed by atoms with E-state index in [9.17, 15) is 4.79 Å². The molecule has 1 amide bonds. The fourth-order valence-corrected chi connectivity index (χ4v) is 2.28. The van der Waals surface area contributed by atoms with Crippen molar-refractivity contribution in [2.45, 2.75) is 13.0 Å². The molecule has 0 aliphatic rings. The first-order valence-corrected chi connectivity index (χ1v) is 7.23. The molecule has 1 N–H and O–H groups in total. The number of amides is 1. The standard InChI is InChI=1S/C17H17N3O2/c21-17(15-8-4-13-22-15)19-9-5-11-20-12-10-18-16(20)14-6-2-1-3-7-14/h1-4,6-8,10,12-13H,5,9,11H2,(H,19,21). The van der Waals surface area contributed by atoms with Crippen LogP contribution in [0.4, 0.5) is 0 Å². The van der Waals surface area contributed by atoms with Crippen LogP contribution in [0, 0.1) is 0 Å². The van der Waals surface area contributed by atoms with Crippen molar-refractivity contribution >= 4 is 5.91 Å². The van der Waals surface area contributed by atoms with Gasteiger partial charge in [0, 0.05) is 31.0 Å². The number of carbonyl (C=O) groups excluding carboxylic acids is 1. The van der Waals surface area contributed by atoms with E-state index >= 15 is 0 Å². The maximum Gasteiger partial charge on any atom is 0.286 e. The highest BCUT2D eigenvalue weighted by Gasteiger charge is 2.08. The molecule has 2 heterocycles. The minimum Gasteiger partial charge on any atom is -0.459 e. The average Bonchev–Trinajstić information content (AvgIpc) is 3.23. The second-order valence-electron chi connectivity index (χ2n) is 4.90. The molecule has 1 aromatic carbocycles. The smallest absolute Gasteiger partial charge is 0.286 e. The topological polar surface area (TPSA) is 60.1 Å². The summed E-state index contributed by atoms with van der Waals surface area (Å²) >= 11 is 0. The molecule has 0 saturated heterocycles. The van der Waals surface area contributed by atoms with Crippen LogP contribution < -0.4 is 5.32 Å². The molecule has 22 heavy (non-hydrogen) atoms. The first-order chi connectivity index (χ1) is 10.8. The van der Waals surface area contributed by atoms with Crippen LogP contribution in [-0.2, 0) is 6.54 Å². The van der Waals surface area contributed by atoms with Crippen molar-refractivity contribution in [1.29, 1.82) is 0 Å². The summed E-state index contributed by atoms with van der Waals surface area (Å²) in [6, 6.07) is 13.4. The van der Waals surface area contributed by atoms with Crippen LogP contribution in [0.5, 0.6) is 0 Å². The molecule has 0 unspecified atom stereocenters. The van der Waals surface area contributed by atoms with Gasteiger partial charge in [0.15, 0.2) is 5.76 Å². The summed E-state index contributed by atoms with van der Waals surface area (Å²) in [5.41, 5.74) is 1.09. The second-order valence-corrected chi connectivity index (χ2v) is 4.90. The SMILES string of the molecule is O=C(NCCCn1ccnc1-c1ccccc1)c1ccco1. The molecule has 0 aliphatic heterocycles. The van der Waals surface area contributed by atoms with E-state index in [1.54, 1.807) is 18.3 Å². The number of hydrogen-bond acceptors (Lipinski definition) is 3. The Kier molecular flexibility index (Phi) is 4.34. The lowest BCUT2D eigenvalue weighted by Crippen LogP contribution is -2.24. The Balaban J connectivity index is 1.53. The molecule has 5 nitrogen and oxygen atoms in total. The highest BCUT2D eigenvalue weighted by Crippen LogP contribution is 2.16. The molecule has 0 spiro atoms. The van der Waals surface area contributed by atoms with Crippen molar-refractivity contribution in [3.63, 3.8) is 0 Å². The van der Waals surface area contributed by atoms with Crippen LogP contribution in [0.15, 0.2) is 65.5 Å². The third-order valence-corrected chi connectivity index (χ3v) is 3.35. The summed E-state index contributed by atoms with van der Waals surface area (Å²) in [6.45, 7) is 1.38. The summed E-state index contributed by atoms with van der Waals surface area (Å²) in [5.74, 6) is 1.10. The van der Waals surface area contributed by atoms with Gasteiger partial charge in [-0.3, -0.25) is 4.79 Å². The summed E-state index contributed by atoms with van der Waals surface area (Å²) < 4.78 is 7.14. The Bertz CT molecular complexity index is 717. The van der Waals surface area contributed by atoms with Gasteiger partial charge in [-0.2, -0.15) is 0 Å². The normalized spacial score (nSPS) is 10.5. The van der Waals surface area contributed by atoms with E-state index in [-0.39, 0.29) is 5.91 Å². The van der Waals surface area contributed by atoms with Crippen LogP contribution >= 0.6 is 0 Å². The van der Waals surface area contributed by atoms with Gasteiger partial charge in [0.2, 0.25) is 0 Å². The summed E-state index contributed by atoms with van der Waals surface area (Å²) in [7, 11) is 0. The lowest BCUT2D eigenvalue weighted by Gasteiger charge is -2.08. The Morgan fingerprint density at radius 2 is 2.05 bits per heavy atom. The quantitative estimate of drug-likeness (QED) is 0.711. The summed E-state index contributed by atoms with van der Waals surface area (Å²) in [5, 5.41) is 2.84. The molecule has 2 aromatic heterocycles. The molecule has 0 radical (unpaired) electrons. The molecular formula is C17H17N3O2. The third-order valence-electron chi connectivity index (χ3n) is 3.35. The van der Waals surface area contributed by atoms with Gasteiger partial charge in [0.1, 0.15) is 5.82 Å². The van der Waals surface area contributed by atoms with Crippen molar-refractivity contribution in [3.05, 3.63) is 66.9 Å². The van der Waals surface area contributed by atoms with E-state index in [4.69, 9.17) is 4.42 Å². The number of aromatic nitrogens is 2. The van der Waals surface area contributed by atoms with Gasteiger partial charge < -0.3 is 14.3 Å². The summed E-state index contributed by atoms with van der Waals surface area (Å²) in [4.78, 5) is 16.1. The maximum absolute atomic E-state index is 11.7. The predicted octanol–water partition coefficient (Wildman–Crippen LogP) is 2.96. The number of nitrogens with zero attached hydrogens (tertiary/aromatic N) is 2. The van der Waals surface area contributed by atoms with Crippen molar-refractivity contribution in [2.24, 2.45) is 0 Å². The van der Waals surface area contributed by atoms with Crippen LogP contribution in [-0.4, -0.2) is 22.0 Å². The van der Waals surface area contributed by atoms with Crippen molar-refractivity contribution < 1.29 is 9.21 Å². The fourth-order valence-electron chi connectivity index (χ4n) is 2.28. The fraction of sp³-hybridized carbons (Fsp3) is 0.176. The van der Waals surface area contributed by atoms with Crippen LogP contribution in [0.3, 0.4) is 0 Å². The molecule has 3 aromatic rings. The van der Waals surface area contributed by atoms with Gasteiger partial charge in [0.25, 0.3) is 5.91 Å². The number of benzene rings is 1. The second kappa shape index (κ2) is 6.76. The lowest BCUT2D eigenvalue weighted by atomic mass is 10.2. The molecule has 0 saturated carbocycles. The zero-order chi connectivity index (χ0) is 15.2. The number of carbonyl (C=O) groups is 1. The average molecular weight is 295 g/mol. The Hall–Kier alpha value is -2.82. The minimum atomic E-state index is -0.182. The van der Waals surface area contributed by atoms with E-state index in [0.717, 1.165) is 24.4 Å². The van der Waals surface area contributed by atoms with Gasteiger partial charge in [-0.15, -0.1) is 0 Å². The predicted molar refractivity (Wildman–Crippen MR) is 83.3 cm³/mol. The molecule has 0 fully saturated rings. The zero-order valence-electron chi connectivity index (χ0n) is 12.1. The molecular weight excluding hydrogens is 278 g/mol. The van der Waals surface area contributed by atoms with Gasteiger partial charge in [-0.25, -0.2) is 4.98 Å². The summed E-state index contributed by atoms with van der Waals surface area (Å²) in [6.07, 6.45) is 6.07. The third kappa shape index (κ3) is 3.25. The number of rotatable bonds is 6. The van der Waals surface area contributed by atoms with E-state index in [1.807, 2.05) is 36.5 Å². The minimum absolute atomic E-state index is 0.182.